The number of rotatable bonds is 2. The Hall–Kier alpha value is -2.38. The van der Waals surface area contributed by atoms with Crippen molar-refractivity contribution in [3.63, 3.8) is 0 Å². The van der Waals surface area contributed by atoms with Crippen molar-refractivity contribution in [3.8, 4) is 0 Å². The van der Waals surface area contributed by atoms with E-state index in [-0.39, 0.29) is 24.6 Å². The summed E-state index contributed by atoms with van der Waals surface area (Å²) in [4.78, 5) is 43.0. The molecule has 2 amide bonds. The SMILES string of the molecule is Cc1nc2c(c(=O)n1C)CN(C(=O)CN1CCOC1=O)C2. The first-order valence-corrected chi connectivity index (χ1v) is 6.72. The van der Waals surface area contributed by atoms with E-state index in [1.54, 1.807) is 18.9 Å². The van der Waals surface area contributed by atoms with Crippen LogP contribution in [-0.4, -0.2) is 51.0 Å². The van der Waals surface area contributed by atoms with E-state index in [2.05, 4.69) is 4.98 Å². The monoisotopic (exact) mass is 292 g/mol. The van der Waals surface area contributed by atoms with E-state index in [0.717, 1.165) is 0 Å². The largest absolute Gasteiger partial charge is 0.448 e. The van der Waals surface area contributed by atoms with Crippen molar-refractivity contribution in [1.29, 1.82) is 0 Å². The molecule has 3 heterocycles. The molecular formula is C13H16N4O4. The van der Waals surface area contributed by atoms with Gasteiger partial charge in [0.15, 0.2) is 0 Å². The average Bonchev–Trinajstić information content (AvgIpc) is 3.03. The maximum absolute atomic E-state index is 12.2. The number of amides is 2. The van der Waals surface area contributed by atoms with Crippen LogP contribution in [0.25, 0.3) is 0 Å². The molecule has 1 aromatic heterocycles. The second-order valence-corrected chi connectivity index (χ2v) is 5.23. The zero-order valence-electron chi connectivity index (χ0n) is 12.0. The Kier molecular flexibility index (Phi) is 3.15. The molecule has 112 valence electrons. The highest BCUT2D eigenvalue weighted by Crippen LogP contribution is 2.18. The van der Waals surface area contributed by atoms with Gasteiger partial charge in [-0.2, -0.15) is 0 Å². The number of cyclic esters (lactones) is 1. The second-order valence-electron chi connectivity index (χ2n) is 5.23. The van der Waals surface area contributed by atoms with E-state index < -0.39 is 6.09 Å². The van der Waals surface area contributed by atoms with Gasteiger partial charge in [-0.15, -0.1) is 0 Å². The Labute approximate surface area is 120 Å². The Bertz CT molecular complexity index is 681. The third-order valence-electron chi connectivity index (χ3n) is 3.91. The number of fused-ring (bicyclic) bond motifs is 1. The van der Waals surface area contributed by atoms with Crippen LogP contribution in [0.15, 0.2) is 4.79 Å². The van der Waals surface area contributed by atoms with Crippen LogP contribution >= 0.6 is 0 Å². The van der Waals surface area contributed by atoms with Gasteiger partial charge in [0.25, 0.3) is 5.56 Å². The molecule has 8 nitrogen and oxygen atoms in total. The average molecular weight is 292 g/mol. The van der Waals surface area contributed by atoms with Gasteiger partial charge in [-0.25, -0.2) is 9.78 Å². The zero-order valence-corrected chi connectivity index (χ0v) is 12.0. The Morgan fingerprint density at radius 3 is 2.76 bits per heavy atom. The van der Waals surface area contributed by atoms with Gasteiger partial charge in [0.05, 0.1) is 30.9 Å². The van der Waals surface area contributed by atoms with E-state index >= 15 is 0 Å². The van der Waals surface area contributed by atoms with Crippen molar-refractivity contribution in [2.24, 2.45) is 7.05 Å². The van der Waals surface area contributed by atoms with E-state index in [1.807, 2.05) is 0 Å². The minimum absolute atomic E-state index is 0.0217. The van der Waals surface area contributed by atoms with Crippen molar-refractivity contribution in [1.82, 2.24) is 19.4 Å². The molecule has 21 heavy (non-hydrogen) atoms. The Morgan fingerprint density at radius 1 is 1.33 bits per heavy atom. The molecule has 0 unspecified atom stereocenters. The lowest BCUT2D eigenvalue weighted by Gasteiger charge is -2.18. The summed E-state index contributed by atoms with van der Waals surface area (Å²) in [6.45, 7) is 3.03. The lowest BCUT2D eigenvalue weighted by Crippen LogP contribution is -2.38. The molecular weight excluding hydrogens is 276 g/mol. The second kappa shape index (κ2) is 4.87. The number of aromatic nitrogens is 2. The van der Waals surface area contributed by atoms with Crippen LogP contribution in [-0.2, 0) is 29.7 Å². The van der Waals surface area contributed by atoms with E-state index in [9.17, 15) is 14.4 Å². The lowest BCUT2D eigenvalue weighted by atomic mass is 10.2. The molecule has 0 aliphatic carbocycles. The molecule has 0 spiro atoms. The van der Waals surface area contributed by atoms with Crippen LogP contribution in [0.5, 0.6) is 0 Å². The number of carbonyl (C=O) groups excluding carboxylic acids is 2. The summed E-state index contributed by atoms with van der Waals surface area (Å²) in [5.41, 5.74) is 1.08. The van der Waals surface area contributed by atoms with Gasteiger partial charge in [-0.1, -0.05) is 0 Å². The Morgan fingerprint density at radius 2 is 2.10 bits per heavy atom. The first-order chi connectivity index (χ1) is 9.97. The molecule has 0 radical (unpaired) electrons. The van der Waals surface area contributed by atoms with Crippen molar-refractivity contribution in [2.45, 2.75) is 20.0 Å². The third-order valence-corrected chi connectivity index (χ3v) is 3.91. The van der Waals surface area contributed by atoms with Crippen LogP contribution in [0.4, 0.5) is 4.79 Å². The van der Waals surface area contributed by atoms with Crippen molar-refractivity contribution in [3.05, 3.63) is 27.4 Å². The van der Waals surface area contributed by atoms with E-state index in [1.165, 1.54) is 9.47 Å². The molecule has 2 aliphatic heterocycles. The predicted molar refractivity (Wildman–Crippen MR) is 71.4 cm³/mol. The number of ether oxygens (including phenoxy) is 1. The van der Waals surface area contributed by atoms with Gasteiger partial charge in [-0.05, 0) is 6.92 Å². The minimum atomic E-state index is -0.468. The lowest BCUT2D eigenvalue weighted by molar-refractivity contribution is -0.132. The molecule has 1 fully saturated rings. The zero-order chi connectivity index (χ0) is 15.1. The van der Waals surface area contributed by atoms with Gasteiger partial charge in [-0.3, -0.25) is 19.1 Å². The highest BCUT2D eigenvalue weighted by Gasteiger charge is 2.31. The van der Waals surface area contributed by atoms with Crippen molar-refractivity contribution in [2.75, 3.05) is 19.7 Å². The van der Waals surface area contributed by atoms with E-state index in [0.29, 0.717) is 36.8 Å². The van der Waals surface area contributed by atoms with Crippen LogP contribution in [0, 0.1) is 6.92 Å². The summed E-state index contributed by atoms with van der Waals surface area (Å²) >= 11 is 0. The van der Waals surface area contributed by atoms with Gasteiger partial charge >= 0.3 is 6.09 Å². The van der Waals surface area contributed by atoms with Crippen LogP contribution in [0.2, 0.25) is 0 Å². The third kappa shape index (κ3) is 2.26. The highest BCUT2D eigenvalue weighted by molar-refractivity contribution is 5.83. The summed E-state index contributed by atoms with van der Waals surface area (Å²) in [6.07, 6.45) is -0.468. The van der Waals surface area contributed by atoms with Crippen molar-refractivity contribution >= 4 is 12.0 Å². The summed E-state index contributed by atoms with van der Waals surface area (Å²) in [7, 11) is 1.66. The molecule has 2 aliphatic rings. The highest BCUT2D eigenvalue weighted by atomic mass is 16.6. The normalized spacial score (nSPS) is 17.1. The summed E-state index contributed by atoms with van der Waals surface area (Å²) in [5, 5.41) is 0. The number of carbonyl (C=O) groups is 2. The van der Waals surface area contributed by atoms with Gasteiger partial charge in [0, 0.05) is 7.05 Å². The van der Waals surface area contributed by atoms with Gasteiger partial charge in [0.1, 0.15) is 19.0 Å². The van der Waals surface area contributed by atoms with Gasteiger partial charge in [0.2, 0.25) is 5.91 Å². The molecule has 8 heteroatoms. The molecule has 1 aromatic rings. The first kappa shape index (κ1) is 13.6. The number of hydrogen-bond acceptors (Lipinski definition) is 5. The standard InChI is InChI=1S/C13H16N4O4/c1-8-14-10-6-17(5-9(10)12(19)15(8)2)11(18)7-16-3-4-21-13(16)20/h3-7H2,1-2H3. The molecule has 3 rings (SSSR count). The summed E-state index contributed by atoms with van der Waals surface area (Å²) < 4.78 is 6.27. The van der Waals surface area contributed by atoms with Gasteiger partial charge < -0.3 is 9.64 Å². The maximum Gasteiger partial charge on any atom is 0.410 e. The molecule has 0 N–H and O–H groups in total. The maximum atomic E-state index is 12.2. The fourth-order valence-corrected chi connectivity index (χ4v) is 2.54. The molecule has 0 aromatic carbocycles. The van der Waals surface area contributed by atoms with Crippen molar-refractivity contribution < 1.29 is 14.3 Å². The summed E-state index contributed by atoms with van der Waals surface area (Å²) in [6, 6.07) is 0. The fourth-order valence-electron chi connectivity index (χ4n) is 2.54. The topological polar surface area (TPSA) is 84.7 Å². The first-order valence-electron chi connectivity index (χ1n) is 6.72. The van der Waals surface area contributed by atoms with Crippen LogP contribution in [0.1, 0.15) is 17.1 Å². The van der Waals surface area contributed by atoms with E-state index in [4.69, 9.17) is 4.74 Å². The molecule has 0 atom stereocenters. The number of aryl methyl sites for hydroxylation is 1. The van der Waals surface area contributed by atoms with Crippen LogP contribution in [0.3, 0.4) is 0 Å². The number of hydrogen-bond donors (Lipinski definition) is 0. The molecule has 0 bridgehead atoms. The minimum Gasteiger partial charge on any atom is -0.448 e. The molecule has 1 saturated heterocycles. The summed E-state index contributed by atoms with van der Waals surface area (Å²) in [5.74, 6) is 0.419. The molecule has 0 saturated carbocycles. The smallest absolute Gasteiger partial charge is 0.410 e. The number of nitrogens with zero attached hydrogens (tertiary/aromatic N) is 4. The van der Waals surface area contributed by atoms with Crippen LogP contribution < -0.4 is 5.56 Å². The Balaban J connectivity index is 1.75. The quantitative estimate of drug-likeness (QED) is 0.725. The predicted octanol–water partition coefficient (Wildman–Crippen LogP) is -0.617. The fraction of sp³-hybridized carbons (Fsp3) is 0.538.